The van der Waals surface area contributed by atoms with Crippen LogP contribution in [0.2, 0.25) is 0 Å². The molecule has 1 heterocycles. The first-order valence-electron chi connectivity index (χ1n) is 3.83. The highest BCUT2D eigenvalue weighted by atomic mass is 15.0. The zero-order valence-electron chi connectivity index (χ0n) is 7.02. The van der Waals surface area contributed by atoms with E-state index in [-0.39, 0.29) is 0 Å². The van der Waals surface area contributed by atoms with Crippen LogP contribution in [0.15, 0.2) is 4.99 Å². The molecule has 58 valence electrons. The van der Waals surface area contributed by atoms with E-state index in [0.29, 0.717) is 11.5 Å². The molecule has 0 bridgehead atoms. The summed E-state index contributed by atoms with van der Waals surface area (Å²) < 4.78 is 0. The van der Waals surface area contributed by atoms with Gasteiger partial charge in [0.2, 0.25) is 0 Å². The van der Waals surface area contributed by atoms with E-state index in [0.717, 1.165) is 13.1 Å². The molecule has 1 rings (SSSR count). The van der Waals surface area contributed by atoms with Crippen LogP contribution in [0.4, 0.5) is 0 Å². The lowest BCUT2D eigenvalue weighted by molar-refractivity contribution is 0.310. The fraction of sp³-hybridized carbons (Fsp3) is 0.875. The van der Waals surface area contributed by atoms with Crippen molar-refractivity contribution >= 4 is 6.21 Å². The lowest BCUT2D eigenvalue weighted by Crippen LogP contribution is -2.39. The minimum absolute atomic E-state index is 0.309. The Morgan fingerprint density at radius 2 is 2.20 bits per heavy atom. The largest absolute Gasteiger partial charge is 0.310 e. The monoisotopic (exact) mass is 140 g/mol. The summed E-state index contributed by atoms with van der Waals surface area (Å²) in [5, 5.41) is 3.29. The highest BCUT2D eigenvalue weighted by Crippen LogP contribution is 2.21. The van der Waals surface area contributed by atoms with Crippen molar-refractivity contribution in [2.75, 3.05) is 13.1 Å². The van der Waals surface area contributed by atoms with Gasteiger partial charge < -0.3 is 5.32 Å². The van der Waals surface area contributed by atoms with E-state index < -0.39 is 0 Å². The molecule has 1 aliphatic rings. The van der Waals surface area contributed by atoms with Gasteiger partial charge in [0.05, 0.1) is 6.04 Å². The molecule has 0 aromatic carbocycles. The van der Waals surface area contributed by atoms with Crippen LogP contribution in [0.25, 0.3) is 0 Å². The van der Waals surface area contributed by atoms with Crippen molar-refractivity contribution in [1.29, 1.82) is 0 Å². The standard InChI is InChI=1S/C8H16N2/c1-8(2,3)7-6-9-4-5-10-7/h5,7,9H,4,6H2,1-3H3. The topological polar surface area (TPSA) is 24.4 Å². The van der Waals surface area contributed by atoms with Crippen LogP contribution >= 0.6 is 0 Å². The zero-order chi connectivity index (χ0) is 7.61. The fourth-order valence-electron chi connectivity index (χ4n) is 1.05. The van der Waals surface area contributed by atoms with Crippen molar-refractivity contribution in [3.63, 3.8) is 0 Å². The third-order valence-corrected chi connectivity index (χ3v) is 1.86. The Morgan fingerprint density at radius 1 is 1.50 bits per heavy atom. The summed E-state index contributed by atoms with van der Waals surface area (Å²) in [5.74, 6) is 0. The minimum atomic E-state index is 0.309. The maximum atomic E-state index is 4.41. The molecule has 1 unspecified atom stereocenters. The van der Waals surface area contributed by atoms with Gasteiger partial charge in [-0.25, -0.2) is 0 Å². The molecule has 1 N–H and O–H groups in total. The zero-order valence-corrected chi connectivity index (χ0v) is 7.02. The Kier molecular flexibility index (Phi) is 2.09. The lowest BCUT2D eigenvalue weighted by atomic mass is 9.87. The fourth-order valence-corrected chi connectivity index (χ4v) is 1.05. The van der Waals surface area contributed by atoms with Crippen LogP contribution in [0, 0.1) is 5.41 Å². The molecular formula is C8H16N2. The third kappa shape index (κ3) is 1.81. The maximum absolute atomic E-state index is 4.41. The van der Waals surface area contributed by atoms with Crippen LogP contribution in [-0.2, 0) is 0 Å². The second-order valence-electron chi connectivity index (χ2n) is 3.87. The smallest absolute Gasteiger partial charge is 0.0668 e. The van der Waals surface area contributed by atoms with Crippen LogP contribution in [-0.4, -0.2) is 25.3 Å². The summed E-state index contributed by atoms with van der Waals surface area (Å²) in [6.07, 6.45) is 1.97. The first-order valence-corrected chi connectivity index (χ1v) is 3.83. The Bertz CT molecular complexity index is 133. The van der Waals surface area contributed by atoms with E-state index in [1.165, 1.54) is 0 Å². The molecule has 2 heteroatoms. The van der Waals surface area contributed by atoms with Gasteiger partial charge in [-0.2, -0.15) is 0 Å². The van der Waals surface area contributed by atoms with E-state index in [9.17, 15) is 0 Å². The molecular weight excluding hydrogens is 124 g/mol. The lowest BCUT2D eigenvalue weighted by Gasteiger charge is -2.29. The molecule has 0 spiro atoms. The van der Waals surface area contributed by atoms with Gasteiger partial charge in [-0.15, -0.1) is 0 Å². The number of nitrogens with zero attached hydrogens (tertiary/aromatic N) is 1. The molecule has 0 saturated carbocycles. The molecule has 1 aliphatic heterocycles. The summed E-state index contributed by atoms with van der Waals surface area (Å²) in [6.45, 7) is 8.64. The number of nitrogens with one attached hydrogen (secondary N) is 1. The molecule has 0 aliphatic carbocycles. The van der Waals surface area contributed by atoms with Gasteiger partial charge in [0.25, 0.3) is 0 Å². The van der Waals surface area contributed by atoms with Crippen molar-refractivity contribution in [3.05, 3.63) is 0 Å². The Balaban J connectivity index is 2.55. The molecule has 0 amide bonds. The van der Waals surface area contributed by atoms with E-state index in [2.05, 4.69) is 31.1 Å². The van der Waals surface area contributed by atoms with Gasteiger partial charge >= 0.3 is 0 Å². The van der Waals surface area contributed by atoms with Gasteiger partial charge in [0.1, 0.15) is 0 Å². The van der Waals surface area contributed by atoms with Crippen LogP contribution < -0.4 is 5.32 Å². The molecule has 0 radical (unpaired) electrons. The summed E-state index contributed by atoms with van der Waals surface area (Å²) in [4.78, 5) is 4.41. The normalized spacial score (nSPS) is 26.9. The van der Waals surface area contributed by atoms with E-state index in [1.807, 2.05) is 6.21 Å². The molecule has 1 atom stereocenters. The predicted octanol–water partition coefficient (Wildman–Crippen LogP) is 1.08. The molecule has 0 saturated heterocycles. The van der Waals surface area contributed by atoms with Crippen molar-refractivity contribution in [2.24, 2.45) is 10.4 Å². The third-order valence-electron chi connectivity index (χ3n) is 1.86. The average Bonchev–Trinajstić information content (AvgIpc) is 1.88. The van der Waals surface area contributed by atoms with Gasteiger partial charge in [0, 0.05) is 19.3 Å². The Hall–Kier alpha value is -0.370. The summed E-state index contributed by atoms with van der Waals surface area (Å²) in [5.41, 5.74) is 0.309. The first-order chi connectivity index (χ1) is 4.61. The Morgan fingerprint density at radius 3 is 2.50 bits per heavy atom. The first kappa shape index (κ1) is 7.73. The van der Waals surface area contributed by atoms with Gasteiger partial charge in [-0.05, 0) is 5.41 Å². The van der Waals surface area contributed by atoms with E-state index >= 15 is 0 Å². The highest BCUT2D eigenvalue weighted by molar-refractivity contribution is 5.60. The number of aliphatic imine (C=N–C) groups is 1. The highest BCUT2D eigenvalue weighted by Gasteiger charge is 2.23. The van der Waals surface area contributed by atoms with Gasteiger partial charge in [-0.1, -0.05) is 20.8 Å². The number of hydrogen-bond acceptors (Lipinski definition) is 2. The van der Waals surface area contributed by atoms with Gasteiger partial charge in [0.15, 0.2) is 0 Å². The summed E-state index contributed by atoms with van der Waals surface area (Å²) in [6, 6.07) is 0.459. The molecule has 0 aromatic heterocycles. The summed E-state index contributed by atoms with van der Waals surface area (Å²) in [7, 11) is 0. The number of rotatable bonds is 0. The molecule has 10 heavy (non-hydrogen) atoms. The van der Waals surface area contributed by atoms with Crippen LogP contribution in [0.3, 0.4) is 0 Å². The van der Waals surface area contributed by atoms with E-state index in [1.54, 1.807) is 0 Å². The SMILES string of the molecule is CC(C)(C)C1CNCC=N1. The second-order valence-corrected chi connectivity index (χ2v) is 3.87. The van der Waals surface area contributed by atoms with Crippen molar-refractivity contribution in [3.8, 4) is 0 Å². The second kappa shape index (κ2) is 2.70. The summed E-state index contributed by atoms with van der Waals surface area (Å²) >= 11 is 0. The number of hydrogen-bond donors (Lipinski definition) is 1. The maximum Gasteiger partial charge on any atom is 0.0668 e. The molecule has 2 nitrogen and oxygen atoms in total. The van der Waals surface area contributed by atoms with Crippen molar-refractivity contribution in [1.82, 2.24) is 5.32 Å². The van der Waals surface area contributed by atoms with Crippen molar-refractivity contribution in [2.45, 2.75) is 26.8 Å². The molecule has 0 fully saturated rings. The quantitative estimate of drug-likeness (QED) is 0.535. The van der Waals surface area contributed by atoms with Gasteiger partial charge in [-0.3, -0.25) is 4.99 Å². The van der Waals surface area contributed by atoms with Crippen LogP contribution in [0.1, 0.15) is 20.8 Å². The van der Waals surface area contributed by atoms with E-state index in [4.69, 9.17) is 0 Å². The van der Waals surface area contributed by atoms with Crippen LogP contribution in [0.5, 0.6) is 0 Å². The Labute approximate surface area is 62.7 Å². The molecule has 0 aromatic rings. The van der Waals surface area contributed by atoms with Crippen molar-refractivity contribution < 1.29 is 0 Å². The minimum Gasteiger partial charge on any atom is -0.310 e. The predicted molar refractivity (Wildman–Crippen MR) is 44.6 cm³/mol. The average molecular weight is 140 g/mol.